The van der Waals surface area contributed by atoms with Crippen LogP contribution in [0, 0.1) is 13.8 Å². The zero-order valence-corrected chi connectivity index (χ0v) is 14.2. The Kier molecular flexibility index (Phi) is 7.05. The van der Waals surface area contributed by atoms with Crippen molar-refractivity contribution in [3.63, 3.8) is 0 Å². The van der Waals surface area contributed by atoms with Gasteiger partial charge in [-0.15, -0.1) is 0 Å². The number of hydrogen-bond acceptors (Lipinski definition) is 2. The molecule has 122 valence electrons. The van der Waals surface area contributed by atoms with Crippen molar-refractivity contribution < 1.29 is 14.5 Å². The summed E-state index contributed by atoms with van der Waals surface area (Å²) in [5, 5.41) is 5.85. The van der Waals surface area contributed by atoms with Crippen LogP contribution < -0.4 is 15.5 Å². The second-order valence-corrected chi connectivity index (χ2v) is 6.00. The summed E-state index contributed by atoms with van der Waals surface area (Å²) < 4.78 is 0. The highest BCUT2D eigenvalue weighted by Crippen LogP contribution is 2.18. The zero-order chi connectivity index (χ0) is 16.7. The first kappa shape index (κ1) is 18.2. The lowest BCUT2D eigenvalue weighted by atomic mass is 10.1. The normalized spacial score (nSPS) is 13.3. The number of para-hydroxylation sites is 1. The van der Waals surface area contributed by atoms with E-state index >= 15 is 0 Å². The third kappa shape index (κ3) is 5.85. The van der Waals surface area contributed by atoms with Crippen LogP contribution in [0.3, 0.4) is 0 Å². The number of anilines is 1. The van der Waals surface area contributed by atoms with Gasteiger partial charge < -0.3 is 15.5 Å². The quantitative estimate of drug-likeness (QED) is 0.693. The molecule has 0 fully saturated rings. The van der Waals surface area contributed by atoms with E-state index in [1.807, 2.05) is 52.9 Å². The highest BCUT2D eigenvalue weighted by molar-refractivity contribution is 5.93. The fourth-order valence-corrected chi connectivity index (χ4v) is 2.23. The van der Waals surface area contributed by atoms with Crippen LogP contribution in [0.4, 0.5) is 5.69 Å². The molecular formula is C17H28N3O2+. The molecule has 0 aliphatic heterocycles. The largest absolute Gasteiger partial charge is 0.349 e. The van der Waals surface area contributed by atoms with Gasteiger partial charge in [0.15, 0.2) is 13.1 Å². The lowest BCUT2D eigenvalue weighted by Gasteiger charge is -2.17. The molecule has 2 atom stereocenters. The Labute approximate surface area is 133 Å². The van der Waals surface area contributed by atoms with Crippen LogP contribution in [-0.2, 0) is 9.59 Å². The number of benzene rings is 1. The molecule has 5 nitrogen and oxygen atoms in total. The predicted molar refractivity (Wildman–Crippen MR) is 89.1 cm³/mol. The fourth-order valence-electron chi connectivity index (χ4n) is 2.23. The minimum Gasteiger partial charge on any atom is -0.349 e. The van der Waals surface area contributed by atoms with Gasteiger partial charge in [-0.05, 0) is 38.3 Å². The van der Waals surface area contributed by atoms with Crippen LogP contribution in [0.2, 0.25) is 0 Å². The van der Waals surface area contributed by atoms with E-state index in [2.05, 4.69) is 10.6 Å². The minimum atomic E-state index is -0.0776. The number of carbonyl (C=O) groups is 2. The SMILES string of the molecule is CC[C@H](C)NC(=O)C[NH+](C)CC(=O)Nc1c(C)cccc1C. The molecule has 0 radical (unpaired) electrons. The fraction of sp³-hybridized carbons (Fsp3) is 0.529. The Morgan fingerprint density at radius 1 is 1.14 bits per heavy atom. The Morgan fingerprint density at radius 3 is 2.23 bits per heavy atom. The Hall–Kier alpha value is -1.88. The standard InChI is InChI=1S/C17H27N3O2/c1-6-14(4)18-15(21)10-20(5)11-16(22)19-17-12(2)8-7-9-13(17)3/h7-9,14H,6,10-11H2,1-5H3,(H,18,21)(H,19,22)/p+1/t14-/m0/s1. The van der Waals surface area contributed by atoms with Crippen molar-refractivity contribution in [1.29, 1.82) is 0 Å². The average molecular weight is 306 g/mol. The summed E-state index contributed by atoms with van der Waals surface area (Å²) in [6.07, 6.45) is 0.901. The molecule has 1 unspecified atom stereocenters. The summed E-state index contributed by atoms with van der Waals surface area (Å²) in [5.74, 6) is -0.0991. The third-order valence-electron chi connectivity index (χ3n) is 3.69. The van der Waals surface area contributed by atoms with Crippen molar-refractivity contribution in [3.8, 4) is 0 Å². The van der Waals surface area contributed by atoms with E-state index in [9.17, 15) is 9.59 Å². The minimum absolute atomic E-state index is 0.0216. The smallest absolute Gasteiger partial charge is 0.279 e. The van der Waals surface area contributed by atoms with E-state index in [-0.39, 0.29) is 24.4 Å². The van der Waals surface area contributed by atoms with Crippen LogP contribution >= 0.6 is 0 Å². The van der Waals surface area contributed by atoms with Gasteiger partial charge in [0.25, 0.3) is 11.8 Å². The lowest BCUT2D eigenvalue weighted by Crippen LogP contribution is -3.11. The van der Waals surface area contributed by atoms with Crippen molar-refractivity contribution >= 4 is 17.5 Å². The first-order valence-electron chi connectivity index (χ1n) is 7.80. The van der Waals surface area contributed by atoms with Crippen molar-refractivity contribution in [2.75, 3.05) is 25.5 Å². The van der Waals surface area contributed by atoms with Crippen LogP contribution in [0.15, 0.2) is 18.2 Å². The van der Waals surface area contributed by atoms with E-state index in [1.54, 1.807) is 0 Å². The van der Waals surface area contributed by atoms with Crippen molar-refractivity contribution in [2.24, 2.45) is 0 Å². The maximum Gasteiger partial charge on any atom is 0.279 e. The first-order chi connectivity index (χ1) is 10.3. The van der Waals surface area contributed by atoms with E-state index in [0.717, 1.165) is 28.1 Å². The summed E-state index contributed by atoms with van der Waals surface area (Å²) in [4.78, 5) is 24.8. The Morgan fingerprint density at radius 2 is 1.68 bits per heavy atom. The summed E-state index contributed by atoms with van der Waals surface area (Å²) in [7, 11) is 1.85. The average Bonchev–Trinajstić information content (AvgIpc) is 2.42. The number of aryl methyl sites for hydroxylation is 2. The number of rotatable bonds is 7. The molecule has 3 N–H and O–H groups in total. The number of amides is 2. The molecule has 2 amide bonds. The molecule has 0 aliphatic carbocycles. The number of hydrogen-bond donors (Lipinski definition) is 3. The molecule has 0 aromatic heterocycles. The molecule has 5 heteroatoms. The molecule has 1 rings (SSSR count). The van der Waals surface area contributed by atoms with Gasteiger partial charge in [-0.25, -0.2) is 0 Å². The van der Waals surface area contributed by atoms with Crippen LogP contribution in [0.1, 0.15) is 31.4 Å². The van der Waals surface area contributed by atoms with Crippen LogP contribution in [0.5, 0.6) is 0 Å². The Balaban J connectivity index is 2.49. The van der Waals surface area contributed by atoms with Gasteiger partial charge in [0, 0.05) is 11.7 Å². The van der Waals surface area contributed by atoms with Gasteiger partial charge in [0.1, 0.15) is 0 Å². The van der Waals surface area contributed by atoms with Gasteiger partial charge in [0.2, 0.25) is 0 Å². The molecule has 1 aromatic rings. The molecule has 22 heavy (non-hydrogen) atoms. The van der Waals surface area contributed by atoms with Gasteiger partial charge in [-0.1, -0.05) is 25.1 Å². The third-order valence-corrected chi connectivity index (χ3v) is 3.69. The molecule has 0 spiro atoms. The maximum atomic E-state index is 12.1. The molecule has 0 saturated carbocycles. The maximum absolute atomic E-state index is 12.1. The van der Waals surface area contributed by atoms with Crippen molar-refractivity contribution in [1.82, 2.24) is 5.32 Å². The number of nitrogens with one attached hydrogen (secondary N) is 3. The summed E-state index contributed by atoms with van der Waals surface area (Å²) in [5.41, 5.74) is 2.95. The van der Waals surface area contributed by atoms with E-state index in [0.29, 0.717) is 6.54 Å². The Bertz CT molecular complexity index is 508. The number of likely N-dealkylation sites (N-methyl/N-ethyl adjacent to an activating group) is 1. The molecule has 0 bridgehead atoms. The summed E-state index contributed by atoms with van der Waals surface area (Å²) in [6, 6.07) is 6.08. The van der Waals surface area contributed by atoms with Crippen LogP contribution in [0.25, 0.3) is 0 Å². The molecule has 0 heterocycles. The van der Waals surface area contributed by atoms with E-state index in [4.69, 9.17) is 0 Å². The van der Waals surface area contributed by atoms with Gasteiger partial charge in [-0.2, -0.15) is 0 Å². The van der Waals surface area contributed by atoms with Crippen molar-refractivity contribution in [3.05, 3.63) is 29.3 Å². The number of carbonyl (C=O) groups excluding carboxylic acids is 2. The van der Waals surface area contributed by atoms with E-state index < -0.39 is 0 Å². The second kappa shape index (κ2) is 8.54. The first-order valence-corrected chi connectivity index (χ1v) is 7.80. The zero-order valence-electron chi connectivity index (χ0n) is 14.2. The van der Waals surface area contributed by atoms with Gasteiger partial charge >= 0.3 is 0 Å². The molecule has 0 saturated heterocycles. The summed E-state index contributed by atoms with van der Waals surface area (Å²) in [6.45, 7) is 8.50. The molecule has 1 aromatic carbocycles. The van der Waals surface area contributed by atoms with Gasteiger partial charge in [-0.3, -0.25) is 9.59 Å². The highest BCUT2D eigenvalue weighted by Gasteiger charge is 2.16. The summed E-state index contributed by atoms with van der Waals surface area (Å²) >= 11 is 0. The van der Waals surface area contributed by atoms with Crippen LogP contribution in [-0.4, -0.2) is 38.0 Å². The second-order valence-electron chi connectivity index (χ2n) is 6.00. The lowest BCUT2D eigenvalue weighted by molar-refractivity contribution is -0.862. The predicted octanol–water partition coefficient (Wildman–Crippen LogP) is 0.671. The van der Waals surface area contributed by atoms with Gasteiger partial charge in [0.05, 0.1) is 7.05 Å². The molecular weight excluding hydrogens is 278 g/mol. The monoisotopic (exact) mass is 306 g/mol. The molecule has 0 aliphatic rings. The highest BCUT2D eigenvalue weighted by atomic mass is 16.2. The van der Waals surface area contributed by atoms with Crippen molar-refractivity contribution in [2.45, 2.75) is 40.2 Å². The number of quaternary nitrogens is 1. The topological polar surface area (TPSA) is 62.6 Å². The van der Waals surface area contributed by atoms with E-state index in [1.165, 1.54) is 0 Å².